The summed E-state index contributed by atoms with van der Waals surface area (Å²) in [5, 5.41) is 12.8. The molecule has 5 aliphatic rings. The van der Waals surface area contributed by atoms with Gasteiger partial charge in [-0.05, 0) is 63.4 Å². The molecule has 4 saturated heterocycles. The van der Waals surface area contributed by atoms with Gasteiger partial charge in [-0.15, -0.1) is 0 Å². The third-order valence-corrected chi connectivity index (χ3v) is 11.6. The Labute approximate surface area is 317 Å². The van der Waals surface area contributed by atoms with Gasteiger partial charge in [0.2, 0.25) is 17.7 Å². The van der Waals surface area contributed by atoms with Crippen LogP contribution in [-0.4, -0.2) is 112 Å². The van der Waals surface area contributed by atoms with Gasteiger partial charge in [-0.1, -0.05) is 0 Å². The molecule has 6 heterocycles. The molecule has 55 heavy (non-hydrogen) atoms. The third kappa shape index (κ3) is 7.39. The molecule has 3 aromatic rings. The standard InChI is InChI=1S/C38H45N11O6/c1-46-19-24(14-41-46)42-36-32(35(39)53)40-15-29(44-36)48-10-2-3-23(20-48)43-37(54)22-8-11-47(12-9-22)16-21-17-49(18-21)25-4-5-26-28(13-25)34(52)31(33(26)51)27-6-7-30(50)45-38(27)55/h4-5,13-15,19,21-23,27,31H,2-3,6-12,16-18,20H2,1H3,(H2,39,53)(H,42,44)(H,43,54)(H,45,50,55)/t23-,27-,31?/m1/s1. The fourth-order valence-electron chi connectivity index (χ4n) is 8.68. The summed E-state index contributed by atoms with van der Waals surface area (Å²) in [6, 6.07) is 5.30. The van der Waals surface area contributed by atoms with Gasteiger partial charge in [-0.2, -0.15) is 5.10 Å². The molecule has 17 nitrogen and oxygen atoms in total. The van der Waals surface area contributed by atoms with E-state index in [-0.39, 0.29) is 59.7 Å². The molecule has 1 aliphatic carbocycles. The Morgan fingerprint density at radius 1 is 0.945 bits per heavy atom. The number of piperidine rings is 3. The number of Topliss-reactive ketones (excluding diaryl/α,β-unsaturated/α-hetero) is 2. The third-order valence-electron chi connectivity index (χ3n) is 11.6. The Morgan fingerprint density at radius 3 is 2.45 bits per heavy atom. The van der Waals surface area contributed by atoms with E-state index in [0.29, 0.717) is 35.1 Å². The van der Waals surface area contributed by atoms with Gasteiger partial charge in [-0.3, -0.25) is 38.8 Å². The summed E-state index contributed by atoms with van der Waals surface area (Å²) in [6.07, 6.45) is 8.55. The van der Waals surface area contributed by atoms with Crippen molar-refractivity contribution < 1.29 is 28.8 Å². The van der Waals surface area contributed by atoms with Gasteiger partial charge in [-0.25, -0.2) is 9.97 Å². The smallest absolute Gasteiger partial charge is 0.271 e. The minimum Gasteiger partial charge on any atom is -0.371 e. The van der Waals surface area contributed by atoms with E-state index < -0.39 is 23.7 Å². The number of fused-ring (bicyclic) bond motifs is 1. The number of hydrogen-bond acceptors (Lipinski definition) is 13. The van der Waals surface area contributed by atoms with Crippen molar-refractivity contribution in [3.8, 4) is 0 Å². The number of primary amides is 1. The van der Waals surface area contributed by atoms with Crippen molar-refractivity contribution in [2.75, 3.05) is 60.9 Å². The number of aryl methyl sites for hydroxylation is 1. The van der Waals surface area contributed by atoms with Crippen molar-refractivity contribution in [2.45, 2.75) is 44.6 Å². The molecule has 3 atom stereocenters. The predicted octanol–water partition coefficient (Wildman–Crippen LogP) is 1.03. The summed E-state index contributed by atoms with van der Waals surface area (Å²) in [7, 11) is 1.79. The van der Waals surface area contributed by atoms with E-state index in [1.54, 1.807) is 42.5 Å². The highest BCUT2D eigenvalue weighted by Gasteiger charge is 2.48. The first kappa shape index (κ1) is 36.3. The zero-order valence-corrected chi connectivity index (χ0v) is 30.7. The van der Waals surface area contributed by atoms with Crippen molar-refractivity contribution in [1.82, 2.24) is 35.3 Å². The number of hydrogen-bond donors (Lipinski definition) is 4. The van der Waals surface area contributed by atoms with Crippen LogP contribution in [0, 0.1) is 23.7 Å². The van der Waals surface area contributed by atoms with E-state index in [2.05, 4.69) is 45.7 Å². The number of aromatic nitrogens is 4. The second kappa shape index (κ2) is 14.8. The number of rotatable bonds is 10. The number of ketones is 2. The normalized spacial score (nSPS) is 23.7. The predicted molar refractivity (Wildman–Crippen MR) is 200 cm³/mol. The molecule has 0 bridgehead atoms. The van der Waals surface area contributed by atoms with E-state index in [0.717, 1.165) is 70.6 Å². The van der Waals surface area contributed by atoms with Gasteiger partial charge < -0.3 is 31.1 Å². The number of carbonyl (C=O) groups is 6. The lowest BCUT2D eigenvalue weighted by molar-refractivity contribution is -0.137. The van der Waals surface area contributed by atoms with Crippen molar-refractivity contribution in [1.29, 1.82) is 0 Å². The molecular formula is C38H45N11O6. The molecule has 17 heteroatoms. The highest BCUT2D eigenvalue weighted by Crippen LogP contribution is 2.38. The van der Waals surface area contributed by atoms with Crippen LogP contribution in [0.4, 0.5) is 23.0 Å². The number of nitrogens with one attached hydrogen (secondary N) is 3. The molecule has 5 N–H and O–H groups in total. The zero-order chi connectivity index (χ0) is 38.4. The molecule has 4 aliphatic heterocycles. The average molecular weight is 752 g/mol. The number of anilines is 4. The lowest BCUT2D eigenvalue weighted by Gasteiger charge is -2.44. The first-order chi connectivity index (χ1) is 26.5. The van der Waals surface area contributed by atoms with Gasteiger partial charge in [0.1, 0.15) is 5.82 Å². The molecule has 0 saturated carbocycles. The monoisotopic (exact) mass is 751 g/mol. The van der Waals surface area contributed by atoms with Crippen LogP contribution >= 0.6 is 0 Å². The molecule has 4 amide bonds. The fourth-order valence-corrected chi connectivity index (χ4v) is 8.68. The maximum atomic E-state index is 13.4. The molecule has 288 valence electrons. The van der Waals surface area contributed by atoms with Gasteiger partial charge in [0, 0.05) is 87.1 Å². The number of carbonyl (C=O) groups excluding carboxylic acids is 6. The first-order valence-corrected chi connectivity index (χ1v) is 19.0. The maximum Gasteiger partial charge on any atom is 0.271 e. The molecule has 8 rings (SSSR count). The van der Waals surface area contributed by atoms with Crippen LogP contribution in [0.15, 0.2) is 36.8 Å². The van der Waals surface area contributed by atoms with E-state index in [1.807, 2.05) is 6.07 Å². The zero-order valence-electron chi connectivity index (χ0n) is 30.7. The Kier molecular flexibility index (Phi) is 9.79. The maximum absolute atomic E-state index is 13.4. The van der Waals surface area contributed by atoms with E-state index in [4.69, 9.17) is 5.73 Å². The summed E-state index contributed by atoms with van der Waals surface area (Å²) in [4.78, 5) is 91.7. The first-order valence-electron chi connectivity index (χ1n) is 19.0. The van der Waals surface area contributed by atoms with Crippen molar-refractivity contribution in [2.24, 2.45) is 36.5 Å². The molecule has 4 fully saturated rings. The summed E-state index contributed by atoms with van der Waals surface area (Å²) >= 11 is 0. The van der Waals surface area contributed by atoms with Crippen LogP contribution in [0.25, 0.3) is 0 Å². The summed E-state index contributed by atoms with van der Waals surface area (Å²) < 4.78 is 1.63. The van der Waals surface area contributed by atoms with E-state index >= 15 is 0 Å². The molecule has 2 aromatic heterocycles. The number of likely N-dealkylation sites (tertiary alicyclic amines) is 1. The number of imide groups is 1. The lowest BCUT2D eigenvalue weighted by Crippen LogP contribution is -2.53. The highest BCUT2D eigenvalue weighted by molar-refractivity contribution is 6.28. The number of nitrogens with zero attached hydrogens (tertiary/aromatic N) is 7. The van der Waals surface area contributed by atoms with Gasteiger partial charge >= 0.3 is 0 Å². The Balaban J connectivity index is 0.794. The minimum absolute atomic E-state index is 0.0361. The summed E-state index contributed by atoms with van der Waals surface area (Å²) in [5.74, 6) is -2.85. The van der Waals surface area contributed by atoms with E-state index in [1.165, 1.54) is 0 Å². The summed E-state index contributed by atoms with van der Waals surface area (Å²) in [6.45, 7) is 5.59. The Hall–Kier alpha value is -5.71. The number of benzene rings is 1. The van der Waals surface area contributed by atoms with Crippen LogP contribution in [0.1, 0.15) is 69.7 Å². The van der Waals surface area contributed by atoms with Crippen LogP contribution in [0.5, 0.6) is 0 Å². The molecule has 1 aromatic carbocycles. The molecule has 1 unspecified atom stereocenters. The second-order valence-electron chi connectivity index (χ2n) is 15.5. The number of amides is 4. The van der Waals surface area contributed by atoms with Crippen molar-refractivity contribution >= 4 is 58.2 Å². The molecule has 0 spiro atoms. The highest BCUT2D eigenvalue weighted by atomic mass is 16.2. The number of nitrogens with two attached hydrogens (primary N) is 1. The average Bonchev–Trinajstić information content (AvgIpc) is 3.67. The topological polar surface area (TPSA) is 218 Å². The molecule has 0 radical (unpaired) electrons. The van der Waals surface area contributed by atoms with E-state index in [9.17, 15) is 28.8 Å². The van der Waals surface area contributed by atoms with Crippen LogP contribution in [-0.2, 0) is 21.4 Å². The minimum atomic E-state index is -1.07. The van der Waals surface area contributed by atoms with Crippen LogP contribution < -0.4 is 31.5 Å². The Morgan fingerprint density at radius 2 is 1.73 bits per heavy atom. The lowest BCUT2D eigenvalue weighted by atomic mass is 9.82. The van der Waals surface area contributed by atoms with Crippen LogP contribution in [0.3, 0.4) is 0 Å². The fraction of sp³-hybridized carbons (Fsp3) is 0.500. The van der Waals surface area contributed by atoms with Gasteiger partial charge in [0.05, 0.1) is 29.9 Å². The van der Waals surface area contributed by atoms with Crippen molar-refractivity contribution in [3.05, 3.63) is 53.6 Å². The van der Waals surface area contributed by atoms with Crippen molar-refractivity contribution in [3.63, 3.8) is 0 Å². The quantitative estimate of drug-likeness (QED) is 0.168. The largest absolute Gasteiger partial charge is 0.371 e. The van der Waals surface area contributed by atoms with Gasteiger partial charge in [0.25, 0.3) is 5.91 Å². The van der Waals surface area contributed by atoms with Gasteiger partial charge in [0.15, 0.2) is 23.1 Å². The SMILES string of the molecule is Cn1cc(Nc2nc(N3CCC[C@@H](NC(=O)C4CCN(CC5CN(c6ccc7c(c6)C(=O)C([C@H]6CCC(=O)NC6=O)C7=O)C5)CC4)C3)cnc2C(N)=O)cn1. The Bertz CT molecular complexity index is 2050. The van der Waals surface area contributed by atoms with Crippen LogP contribution in [0.2, 0.25) is 0 Å². The molecular weight excluding hydrogens is 706 g/mol. The second-order valence-corrected chi connectivity index (χ2v) is 15.5. The summed E-state index contributed by atoms with van der Waals surface area (Å²) in [5.41, 5.74) is 7.85.